The Balaban J connectivity index is 2.39. The summed E-state index contributed by atoms with van der Waals surface area (Å²) in [5.74, 6) is 1.35. The number of imidazole rings is 1. The maximum Gasteiger partial charge on any atom is 0.147 e. The van der Waals surface area contributed by atoms with Crippen LogP contribution >= 0.6 is 11.5 Å². The van der Waals surface area contributed by atoms with Crippen LogP contribution in [0.2, 0.25) is 0 Å². The highest BCUT2D eigenvalue weighted by Crippen LogP contribution is 2.46. The first-order valence-corrected chi connectivity index (χ1v) is 5.09. The zero-order chi connectivity index (χ0) is 8.29. The van der Waals surface area contributed by atoms with Crippen LogP contribution in [0.4, 0.5) is 0 Å². The molecule has 12 heavy (non-hydrogen) atoms. The van der Waals surface area contributed by atoms with Crippen LogP contribution in [0.25, 0.3) is 5.65 Å². The van der Waals surface area contributed by atoms with Crippen molar-refractivity contribution in [3.05, 3.63) is 22.8 Å². The lowest BCUT2D eigenvalue weighted by Gasteiger charge is -2.29. The van der Waals surface area contributed by atoms with Gasteiger partial charge in [0.2, 0.25) is 0 Å². The van der Waals surface area contributed by atoms with Crippen LogP contribution in [-0.2, 0) is 0 Å². The van der Waals surface area contributed by atoms with Gasteiger partial charge in [0, 0.05) is 17.2 Å². The van der Waals surface area contributed by atoms with Crippen LogP contribution in [-0.4, -0.2) is 8.77 Å². The Bertz CT molecular complexity index is 440. The zero-order valence-electron chi connectivity index (χ0n) is 7.11. The lowest BCUT2D eigenvalue weighted by molar-refractivity contribution is 0.515. The normalized spacial score (nSPS) is 27.2. The molecule has 0 amide bonds. The predicted molar refractivity (Wildman–Crippen MR) is 49.9 cm³/mol. The molecule has 3 rings (SSSR count). The second-order valence-corrected chi connectivity index (χ2v) is 4.37. The number of hydrogen-bond donors (Lipinski definition) is 0. The molecule has 2 atom stereocenters. The summed E-state index contributed by atoms with van der Waals surface area (Å²) in [5, 5.41) is 2.10. The molecule has 0 fully saturated rings. The van der Waals surface area contributed by atoms with Crippen molar-refractivity contribution in [3.63, 3.8) is 0 Å². The van der Waals surface area contributed by atoms with Crippen molar-refractivity contribution < 1.29 is 0 Å². The fourth-order valence-electron chi connectivity index (χ4n) is 1.95. The summed E-state index contributed by atoms with van der Waals surface area (Å²) in [6.07, 6.45) is 0. The largest absolute Gasteiger partial charge is 0.251 e. The molecule has 2 aromatic heterocycles. The van der Waals surface area contributed by atoms with Gasteiger partial charge in [0.1, 0.15) is 5.65 Å². The monoisotopic (exact) mass is 178 g/mol. The Morgan fingerprint density at radius 2 is 2.25 bits per heavy atom. The van der Waals surface area contributed by atoms with E-state index in [-0.39, 0.29) is 0 Å². The SMILES string of the molecule is CC1c2nc3ccsn3c2C1C. The van der Waals surface area contributed by atoms with Gasteiger partial charge in [-0.05, 0) is 6.07 Å². The topological polar surface area (TPSA) is 17.3 Å². The molecule has 0 bridgehead atoms. The van der Waals surface area contributed by atoms with Gasteiger partial charge in [-0.2, -0.15) is 0 Å². The number of fused-ring (bicyclic) bond motifs is 3. The number of hydrogen-bond acceptors (Lipinski definition) is 2. The quantitative estimate of drug-likeness (QED) is 0.606. The minimum atomic E-state index is 0.659. The lowest BCUT2D eigenvalue weighted by atomic mass is 9.77. The number of rotatable bonds is 0. The van der Waals surface area contributed by atoms with Crippen molar-refractivity contribution in [1.82, 2.24) is 8.77 Å². The van der Waals surface area contributed by atoms with E-state index >= 15 is 0 Å². The van der Waals surface area contributed by atoms with Crippen LogP contribution in [0.1, 0.15) is 37.1 Å². The summed E-state index contributed by atoms with van der Waals surface area (Å²) in [6, 6.07) is 2.09. The Kier molecular flexibility index (Phi) is 1.06. The van der Waals surface area contributed by atoms with Crippen LogP contribution in [0.5, 0.6) is 0 Å². The van der Waals surface area contributed by atoms with Crippen molar-refractivity contribution in [1.29, 1.82) is 0 Å². The maximum atomic E-state index is 4.56. The van der Waals surface area contributed by atoms with E-state index < -0.39 is 0 Å². The summed E-state index contributed by atoms with van der Waals surface area (Å²) in [4.78, 5) is 4.56. The van der Waals surface area contributed by atoms with Gasteiger partial charge in [-0.1, -0.05) is 25.4 Å². The van der Waals surface area contributed by atoms with Crippen molar-refractivity contribution in [2.45, 2.75) is 25.7 Å². The molecule has 2 unspecified atom stereocenters. The number of nitrogens with zero attached hydrogens (tertiary/aromatic N) is 2. The molecule has 2 aromatic rings. The Morgan fingerprint density at radius 3 is 3.08 bits per heavy atom. The third-order valence-corrected chi connectivity index (χ3v) is 3.77. The molecule has 2 heterocycles. The predicted octanol–water partition coefficient (Wildman–Crippen LogP) is 2.62. The smallest absolute Gasteiger partial charge is 0.147 e. The Labute approximate surface area is 75.0 Å². The zero-order valence-corrected chi connectivity index (χ0v) is 7.93. The van der Waals surface area contributed by atoms with Gasteiger partial charge >= 0.3 is 0 Å². The van der Waals surface area contributed by atoms with Crippen LogP contribution in [0.3, 0.4) is 0 Å². The summed E-state index contributed by atoms with van der Waals surface area (Å²) in [6.45, 7) is 4.53. The average molecular weight is 178 g/mol. The van der Waals surface area contributed by atoms with Gasteiger partial charge in [0.15, 0.2) is 0 Å². The molecule has 0 aromatic carbocycles. The van der Waals surface area contributed by atoms with E-state index in [0.29, 0.717) is 11.8 Å². The molecule has 0 N–H and O–H groups in total. The molecule has 1 aliphatic rings. The molecule has 0 radical (unpaired) electrons. The van der Waals surface area contributed by atoms with Crippen LogP contribution in [0.15, 0.2) is 11.4 Å². The molecular formula is C9H10N2S. The third-order valence-electron chi connectivity index (χ3n) is 2.92. The second kappa shape index (κ2) is 1.91. The van der Waals surface area contributed by atoms with E-state index in [0.717, 1.165) is 5.65 Å². The first-order valence-electron chi connectivity index (χ1n) is 4.25. The van der Waals surface area contributed by atoms with Gasteiger partial charge in [-0.3, -0.25) is 3.79 Å². The second-order valence-electron chi connectivity index (χ2n) is 3.52. The highest BCUT2D eigenvalue weighted by Gasteiger charge is 2.36. The van der Waals surface area contributed by atoms with E-state index in [1.165, 1.54) is 11.4 Å². The van der Waals surface area contributed by atoms with Gasteiger partial charge in [-0.15, -0.1) is 0 Å². The molecule has 0 aliphatic heterocycles. The molecule has 2 nitrogen and oxygen atoms in total. The molecule has 1 aliphatic carbocycles. The summed E-state index contributed by atoms with van der Waals surface area (Å²) in [7, 11) is 0. The van der Waals surface area contributed by atoms with E-state index in [4.69, 9.17) is 0 Å². The van der Waals surface area contributed by atoms with E-state index in [1.807, 2.05) is 0 Å². The molecule has 0 saturated carbocycles. The maximum absolute atomic E-state index is 4.56. The van der Waals surface area contributed by atoms with E-state index in [2.05, 4.69) is 34.1 Å². The van der Waals surface area contributed by atoms with Crippen molar-refractivity contribution in [3.8, 4) is 0 Å². The van der Waals surface area contributed by atoms with Gasteiger partial charge in [-0.25, -0.2) is 4.98 Å². The van der Waals surface area contributed by atoms with Crippen molar-refractivity contribution in [2.75, 3.05) is 0 Å². The van der Waals surface area contributed by atoms with E-state index in [9.17, 15) is 0 Å². The summed E-state index contributed by atoms with van der Waals surface area (Å²) in [5.41, 5.74) is 3.88. The standard InChI is InChI=1S/C9H10N2S/c1-5-6(2)9-8(5)10-7-3-4-12-11(7)9/h3-6H,1-2H3. The van der Waals surface area contributed by atoms with Crippen molar-refractivity contribution in [2.24, 2.45) is 0 Å². The van der Waals surface area contributed by atoms with Gasteiger partial charge in [0.25, 0.3) is 0 Å². The summed E-state index contributed by atoms with van der Waals surface area (Å²) >= 11 is 1.75. The highest BCUT2D eigenvalue weighted by molar-refractivity contribution is 7.04. The molecule has 0 saturated heterocycles. The molecule has 3 heteroatoms. The highest BCUT2D eigenvalue weighted by atomic mass is 32.1. The van der Waals surface area contributed by atoms with Gasteiger partial charge in [0.05, 0.1) is 11.4 Å². The first-order chi connectivity index (χ1) is 5.79. The lowest BCUT2D eigenvalue weighted by Crippen LogP contribution is -2.19. The minimum absolute atomic E-state index is 0.659. The van der Waals surface area contributed by atoms with Crippen molar-refractivity contribution >= 4 is 17.2 Å². The molecular weight excluding hydrogens is 168 g/mol. The van der Waals surface area contributed by atoms with Crippen LogP contribution in [0, 0.1) is 0 Å². The van der Waals surface area contributed by atoms with E-state index in [1.54, 1.807) is 11.5 Å². The van der Waals surface area contributed by atoms with Gasteiger partial charge < -0.3 is 0 Å². The Hall–Kier alpha value is -0.830. The fraction of sp³-hybridized carbons (Fsp3) is 0.444. The minimum Gasteiger partial charge on any atom is -0.251 e. The number of aromatic nitrogens is 2. The first kappa shape index (κ1) is 6.66. The fourth-order valence-corrected chi connectivity index (χ4v) is 2.84. The Morgan fingerprint density at radius 1 is 1.42 bits per heavy atom. The molecule has 62 valence electrons. The molecule has 0 spiro atoms. The summed E-state index contributed by atoms with van der Waals surface area (Å²) < 4.78 is 2.25. The van der Waals surface area contributed by atoms with Crippen LogP contribution < -0.4 is 0 Å². The average Bonchev–Trinajstić information content (AvgIpc) is 2.59. The third kappa shape index (κ3) is 0.556.